The predicted octanol–water partition coefficient (Wildman–Crippen LogP) is -1.60. The van der Waals surface area contributed by atoms with Gasteiger partial charge in [-0.15, -0.1) is 0 Å². The van der Waals surface area contributed by atoms with Gasteiger partial charge in [-0.3, -0.25) is 14.4 Å². The fourth-order valence-electron chi connectivity index (χ4n) is 4.81. The van der Waals surface area contributed by atoms with Crippen molar-refractivity contribution in [1.82, 2.24) is 19.8 Å². The zero-order valence-corrected chi connectivity index (χ0v) is 19.7. The van der Waals surface area contributed by atoms with Crippen molar-refractivity contribution < 1.29 is 32.5 Å². The summed E-state index contributed by atoms with van der Waals surface area (Å²) in [6.07, 6.45) is 2.60. The molecule has 0 radical (unpaired) electrons. The number of rotatable bonds is 5. The molecule has 10 nitrogen and oxygen atoms in total. The Labute approximate surface area is 198 Å². The second-order valence-electron chi connectivity index (χ2n) is 9.00. The predicted molar refractivity (Wildman–Crippen MR) is 119 cm³/mol. The highest BCUT2D eigenvalue weighted by molar-refractivity contribution is 7.89. The van der Waals surface area contributed by atoms with E-state index in [4.69, 9.17) is 0 Å². The molecule has 0 bridgehead atoms. The van der Waals surface area contributed by atoms with Crippen LogP contribution in [0.4, 0.5) is 4.39 Å². The molecule has 0 unspecified atom stereocenters. The first-order chi connectivity index (χ1) is 16.3. The Morgan fingerprint density at radius 1 is 1.09 bits per heavy atom. The van der Waals surface area contributed by atoms with Crippen molar-refractivity contribution in [3.8, 4) is 0 Å². The van der Waals surface area contributed by atoms with Gasteiger partial charge < -0.3 is 20.9 Å². The van der Waals surface area contributed by atoms with E-state index < -0.39 is 33.8 Å². The van der Waals surface area contributed by atoms with Crippen molar-refractivity contribution >= 4 is 27.7 Å². The number of nitrogens with zero attached hydrogens (tertiary/aromatic N) is 2. The minimum atomic E-state index is -4.00. The standard InChI is InChI=1S/C22H30FN5O5S/c23-16-3-5-17(6-4-16)34(32,33)27-12-13-28(22(31)15-7-10-24-11-8-15)19(14-27)21(30)26-18-2-1-9-25-20(18)29/h3-6,15,18-19,24H,1-2,7-14H2,(H,25,29)(H,26,30)/p+1/t18-,19-/m0/s1. The Morgan fingerprint density at radius 3 is 2.47 bits per heavy atom. The lowest BCUT2D eigenvalue weighted by molar-refractivity contribution is -0.664. The van der Waals surface area contributed by atoms with Crippen LogP contribution in [0.3, 0.4) is 0 Å². The van der Waals surface area contributed by atoms with Gasteiger partial charge in [-0.1, -0.05) is 0 Å². The van der Waals surface area contributed by atoms with E-state index in [1.165, 1.54) is 17.0 Å². The van der Waals surface area contributed by atoms with Gasteiger partial charge >= 0.3 is 0 Å². The number of carbonyl (C=O) groups excluding carboxylic acids is 3. The number of carbonyl (C=O) groups is 3. The smallest absolute Gasteiger partial charge is 0.244 e. The van der Waals surface area contributed by atoms with E-state index in [0.29, 0.717) is 32.2 Å². The molecule has 3 heterocycles. The quantitative estimate of drug-likeness (QED) is 0.452. The lowest BCUT2D eigenvalue weighted by Crippen LogP contribution is -2.86. The highest BCUT2D eigenvalue weighted by Gasteiger charge is 2.42. The second kappa shape index (κ2) is 10.4. The van der Waals surface area contributed by atoms with Gasteiger partial charge in [0, 0.05) is 44.9 Å². The van der Waals surface area contributed by atoms with Gasteiger partial charge in [0.15, 0.2) is 0 Å². The summed E-state index contributed by atoms with van der Waals surface area (Å²) in [6.45, 7) is 2.06. The first kappa shape index (κ1) is 24.6. The van der Waals surface area contributed by atoms with E-state index in [1.54, 1.807) is 0 Å². The monoisotopic (exact) mass is 496 g/mol. The number of quaternary nitrogens is 1. The summed E-state index contributed by atoms with van der Waals surface area (Å²) in [4.78, 5) is 40.2. The molecule has 3 fully saturated rings. The van der Waals surface area contributed by atoms with Gasteiger partial charge in [0.05, 0.1) is 18.0 Å². The van der Waals surface area contributed by atoms with Gasteiger partial charge in [0.1, 0.15) is 17.9 Å². The molecule has 0 aromatic heterocycles. The number of benzene rings is 1. The number of nitrogens with two attached hydrogens (primary N) is 1. The Kier molecular flexibility index (Phi) is 7.48. The third-order valence-corrected chi connectivity index (χ3v) is 8.65. The van der Waals surface area contributed by atoms with E-state index >= 15 is 0 Å². The van der Waals surface area contributed by atoms with Crippen molar-refractivity contribution in [3.63, 3.8) is 0 Å². The third-order valence-electron chi connectivity index (χ3n) is 6.77. The second-order valence-corrected chi connectivity index (χ2v) is 10.9. The number of halogens is 1. The van der Waals surface area contributed by atoms with Crippen LogP contribution in [0.25, 0.3) is 0 Å². The molecule has 34 heavy (non-hydrogen) atoms. The maximum absolute atomic E-state index is 13.3. The molecule has 3 saturated heterocycles. The van der Waals surface area contributed by atoms with Gasteiger partial charge in [-0.05, 0) is 37.1 Å². The zero-order valence-electron chi connectivity index (χ0n) is 18.9. The van der Waals surface area contributed by atoms with E-state index in [2.05, 4.69) is 16.0 Å². The molecule has 3 aliphatic rings. The molecule has 186 valence electrons. The number of sulfonamides is 1. The SMILES string of the molecule is O=C1NCCC[C@@H]1NC(=O)[C@@H]1CN(S(=O)(=O)c2ccc(F)cc2)CCN1C(=O)C1CC[NH2+]CC1. The molecular formula is C22H31FN5O5S+. The summed E-state index contributed by atoms with van der Waals surface area (Å²) >= 11 is 0. The van der Waals surface area contributed by atoms with Crippen LogP contribution in [0.1, 0.15) is 25.7 Å². The topological polar surface area (TPSA) is 132 Å². The molecule has 0 saturated carbocycles. The Balaban J connectivity index is 1.56. The van der Waals surface area contributed by atoms with Crippen LogP contribution in [0.5, 0.6) is 0 Å². The van der Waals surface area contributed by atoms with E-state index in [1.807, 2.05) is 0 Å². The molecular weight excluding hydrogens is 465 g/mol. The average molecular weight is 497 g/mol. The highest BCUT2D eigenvalue weighted by Crippen LogP contribution is 2.24. The highest BCUT2D eigenvalue weighted by atomic mass is 32.2. The number of hydrogen-bond acceptors (Lipinski definition) is 5. The van der Waals surface area contributed by atoms with Crippen LogP contribution in [-0.2, 0) is 24.4 Å². The minimum Gasteiger partial charge on any atom is -0.354 e. The minimum absolute atomic E-state index is 0.0258. The molecule has 1 aromatic carbocycles. The lowest BCUT2D eigenvalue weighted by Gasteiger charge is -2.42. The molecule has 1 aromatic rings. The van der Waals surface area contributed by atoms with Crippen LogP contribution in [0.2, 0.25) is 0 Å². The fourth-order valence-corrected chi connectivity index (χ4v) is 6.24. The molecule has 12 heteroatoms. The van der Waals surface area contributed by atoms with E-state index in [-0.39, 0.29) is 42.3 Å². The van der Waals surface area contributed by atoms with Crippen molar-refractivity contribution in [1.29, 1.82) is 0 Å². The van der Waals surface area contributed by atoms with Crippen molar-refractivity contribution in [2.75, 3.05) is 39.3 Å². The normalized spacial score (nSPS) is 25.0. The van der Waals surface area contributed by atoms with Crippen molar-refractivity contribution in [2.24, 2.45) is 5.92 Å². The summed E-state index contributed by atoms with van der Waals surface area (Å²) in [7, 11) is -4.00. The van der Waals surface area contributed by atoms with Crippen molar-refractivity contribution in [3.05, 3.63) is 30.1 Å². The number of nitrogens with one attached hydrogen (secondary N) is 2. The van der Waals surface area contributed by atoms with E-state index in [0.717, 1.165) is 29.5 Å². The maximum atomic E-state index is 13.3. The van der Waals surface area contributed by atoms with Crippen LogP contribution < -0.4 is 16.0 Å². The molecule has 4 N–H and O–H groups in total. The summed E-state index contributed by atoms with van der Waals surface area (Å²) in [5.41, 5.74) is 0. The molecule has 0 aliphatic carbocycles. The van der Waals surface area contributed by atoms with Crippen LogP contribution in [-0.4, -0.2) is 86.7 Å². The Morgan fingerprint density at radius 2 is 1.79 bits per heavy atom. The molecule has 4 rings (SSSR count). The van der Waals surface area contributed by atoms with Gasteiger partial charge in [0.25, 0.3) is 0 Å². The van der Waals surface area contributed by atoms with Gasteiger partial charge in [0.2, 0.25) is 27.7 Å². The van der Waals surface area contributed by atoms with E-state index in [9.17, 15) is 27.2 Å². The number of piperazine rings is 1. The summed E-state index contributed by atoms with van der Waals surface area (Å²) < 4.78 is 40.8. The summed E-state index contributed by atoms with van der Waals surface area (Å²) in [6, 6.07) is 2.73. The maximum Gasteiger partial charge on any atom is 0.244 e. The Bertz CT molecular complexity index is 1030. The average Bonchev–Trinajstić information content (AvgIpc) is 2.85. The Hall–Kier alpha value is -2.57. The molecule has 3 aliphatic heterocycles. The first-order valence-electron chi connectivity index (χ1n) is 11.7. The molecule has 2 atom stereocenters. The molecule has 0 spiro atoms. The summed E-state index contributed by atoms with van der Waals surface area (Å²) in [5, 5.41) is 7.58. The fraction of sp³-hybridized carbons (Fsp3) is 0.591. The van der Waals surface area contributed by atoms with Crippen LogP contribution >= 0.6 is 0 Å². The van der Waals surface area contributed by atoms with Gasteiger partial charge in [-0.2, -0.15) is 4.31 Å². The number of hydrogen-bond donors (Lipinski definition) is 3. The van der Waals surface area contributed by atoms with Gasteiger partial charge in [-0.25, -0.2) is 12.8 Å². The zero-order chi connectivity index (χ0) is 24.3. The number of piperidine rings is 2. The molecule has 3 amide bonds. The van der Waals surface area contributed by atoms with Crippen molar-refractivity contribution in [2.45, 2.75) is 42.7 Å². The summed E-state index contributed by atoms with van der Waals surface area (Å²) in [5.74, 6) is -1.75. The lowest BCUT2D eigenvalue weighted by atomic mass is 9.95. The first-order valence-corrected chi connectivity index (χ1v) is 13.2. The largest absolute Gasteiger partial charge is 0.354 e. The van der Waals surface area contributed by atoms with Crippen LogP contribution in [0, 0.1) is 11.7 Å². The van der Waals surface area contributed by atoms with Crippen LogP contribution in [0.15, 0.2) is 29.2 Å². The third kappa shape index (κ3) is 5.23. The number of amides is 3.